The second-order valence-corrected chi connectivity index (χ2v) is 4.25. The summed E-state index contributed by atoms with van der Waals surface area (Å²) in [6.07, 6.45) is 0. The number of likely N-dealkylation sites (N-methyl/N-ethyl adjacent to an activating group) is 1. The van der Waals surface area contributed by atoms with Gasteiger partial charge in [0.1, 0.15) is 12.4 Å². The Bertz CT molecular complexity index is 518. The van der Waals surface area contributed by atoms with E-state index in [1.54, 1.807) is 7.11 Å². The first kappa shape index (κ1) is 16.0. The van der Waals surface area contributed by atoms with E-state index in [9.17, 15) is 4.79 Å². The van der Waals surface area contributed by atoms with E-state index in [0.29, 0.717) is 13.1 Å². The summed E-state index contributed by atoms with van der Waals surface area (Å²) in [7, 11) is 1.60. The van der Waals surface area contributed by atoms with Gasteiger partial charge in [-0.15, -0.1) is 0 Å². The second kappa shape index (κ2) is 8.20. The normalized spacial score (nSPS) is 10.0. The molecule has 0 unspecified atom stereocenters. The molecule has 1 rings (SSSR count). The average molecular weight is 276 g/mol. The van der Waals surface area contributed by atoms with E-state index in [-0.39, 0.29) is 19.1 Å². The summed E-state index contributed by atoms with van der Waals surface area (Å²) in [6.45, 7) is 3.21. The van der Waals surface area contributed by atoms with Gasteiger partial charge in [0.2, 0.25) is 5.91 Å². The quantitative estimate of drug-likeness (QED) is 0.735. The number of carbonyl (C=O) groups excluding carboxylic acids is 1. The number of primary amides is 1. The predicted octanol–water partition coefficient (Wildman–Crippen LogP) is 0.346. The molecule has 1 aromatic carbocycles. The van der Waals surface area contributed by atoms with Gasteiger partial charge in [-0.05, 0) is 30.3 Å². The molecule has 1 amide bonds. The maximum Gasteiger partial charge on any atom is 0.231 e. The molecule has 0 aliphatic carbocycles. The van der Waals surface area contributed by atoms with Gasteiger partial charge in [-0.1, -0.05) is 18.8 Å². The van der Waals surface area contributed by atoms with Crippen LogP contribution in [0, 0.1) is 11.8 Å². The minimum Gasteiger partial charge on any atom is -0.497 e. The minimum atomic E-state index is -0.363. The number of hydrogen-bond donors (Lipinski definition) is 2. The molecule has 0 radical (unpaired) electrons. The topological polar surface area (TPSA) is 75.8 Å². The van der Waals surface area contributed by atoms with E-state index in [1.165, 1.54) is 0 Å². The Kier molecular flexibility index (Phi) is 6.57. The van der Waals surface area contributed by atoms with Gasteiger partial charge in [0, 0.05) is 12.1 Å². The number of nitrogens with two attached hydrogens (primary N) is 1. The standard InChI is InChI=1S/C15H20N2O3/c1-3-17(11-15(16)19)10-13-9-14(20-2)7-6-12(13)5-4-8-18/h6-7,9,18H,3,8,10-11H2,1-2H3,(H2,16,19). The van der Waals surface area contributed by atoms with E-state index in [2.05, 4.69) is 11.8 Å². The lowest BCUT2D eigenvalue weighted by atomic mass is 10.1. The number of methoxy groups -OCH3 is 1. The van der Waals surface area contributed by atoms with E-state index in [0.717, 1.165) is 16.9 Å². The van der Waals surface area contributed by atoms with Crippen LogP contribution in [0.3, 0.4) is 0 Å². The Morgan fingerprint density at radius 2 is 2.25 bits per heavy atom. The molecule has 0 aromatic heterocycles. The van der Waals surface area contributed by atoms with E-state index >= 15 is 0 Å². The summed E-state index contributed by atoms with van der Waals surface area (Å²) in [5, 5.41) is 8.80. The Balaban J connectivity index is 3.02. The largest absolute Gasteiger partial charge is 0.497 e. The molecule has 5 heteroatoms. The molecule has 0 atom stereocenters. The summed E-state index contributed by atoms with van der Waals surface area (Å²) < 4.78 is 5.20. The number of nitrogens with zero attached hydrogens (tertiary/aromatic N) is 1. The molecule has 0 aliphatic rings. The molecule has 0 fully saturated rings. The van der Waals surface area contributed by atoms with Gasteiger partial charge in [-0.25, -0.2) is 0 Å². The van der Waals surface area contributed by atoms with Crippen molar-refractivity contribution in [2.45, 2.75) is 13.5 Å². The zero-order valence-electron chi connectivity index (χ0n) is 11.8. The summed E-state index contributed by atoms with van der Waals surface area (Å²) in [5.41, 5.74) is 6.98. The summed E-state index contributed by atoms with van der Waals surface area (Å²) >= 11 is 0. The third kappa shape index (κ3) is 4.92. The summed E-state index contributed by atoms with van der Waals surface area (Å²) in [6, 6.07) is 5.54. The summed E-state index contributed by atoms with van der Waals surface area (Å²) in [5.74, 6) is 5.89. The first-order valence-corrected chi connectivity index (χ1v) is 6.38. The van der Waals surface area contributed by atoms with Crippen LogP contribution in [0.25, 0.3) is 0 Å². The molecule has 108 valence electrons. The van der Waals surface area contributed by atoms with Crippen LogP contribution >= 0.6 is 0 Å². The van der Waals surface area contributed by atoms with Crippen molar-refractivity contribution >= 4 is 5.91 Å². The number of aliphatic hydroxyl groups excluding tert-OH is 1. The molecular weight excluding hydrogens is 256 g/mol. The van der Waals surface area contributed by atoms with Gasteiger partial charge in [-0.2, -0.15) is 0 Å². The van der Waals surface area contributed by atoms with Crippen LogP contribution < -0.4 is 10.5 Å². The van der Waals surface area contributed by atoms with E-state index < -0.39 is 0 Å². The second-order valence-electron chi connectivity index (χ2n) is 4.25. The van der Waals surface area contributed by atoms with Crippen LogP contribution in [0.2, 0.25) is 0 Å². The maximum absolute atomic E-state index is 11.0. The third-order valence-electron chi connectivity index (χ3n) is 2.84. The lowest BCUT2D eigenvalue weighted by Gasteiger charge is -2.19. The van der Waals surface area contributed by atoms with Gasteiger partial charge in [0.15, 0.2) is 0 Å². The molecule has 20 heavy (non-hydrogen) atoms. The van der Waals surface area contributed by atoms with Gasteiger partial charge < -0.3 is 15.6 Å². The fraction of sp³-hybridized carbons (Fsp3) is 0.400. The fourth-order valence-electron chi connectivity index (χ4n) is 1.83. The van der Waals surface area contributed by atoms with Crippen molar-refractivity contribution in [1.29, 1.82) is 0 Å². The SMILES string of the molecule is CCN(CC(N)=O)Cc1cc(OC)ccc1C#CCO. The Hall–Kier alpha value is -2.03. The van der Waals surface area contributed by atoms with Gasteiger partial charge in [0.25, 0.3) is 0 Å². The zero-order chi connectivity index (χ0) is 15.0. The number of aliphatic hydroxyl groups is 1. The fourth-order valence-corrected chi connectivity index (χ4v) is 1.83. The Morgan fingerprint density at radius 1 is 1.50 bits per heavy atom. The number of amides is 1. The Labute approximate surface area is 119 Å². The number of rotatable bonds is 6. The molecule has 0 aliphatic heterocycles. The molecule has 0 saturated heterocycles. The van der Waals surface area contributed by atoms with Crippen molar-refractivity contribution in [1.82, 2.24) is 4.90 Å². The van der Waals surface area contributed by atoms with Crippen LogP contribution in [0.4, 0.5) is 0 Å². The highest BCUT2D eigenvalue weighted by molar-refractivity contribution is 5.75. The third-order valence-corrected chi connectivity index (χ3v) is 2.84. The van der Waals surface area contributed by atoms with Gasteiger partial charge in [-0.3, -0.25) is 9.69 Å². The molecule has 0 bridgehead atoms. The number of ether oxygens (including phenoxy) is 1. The van der Waals surface area contributed by atoms with Crippen LogP contribution in [-0.4, -0.2) is 42.7 Å². The first-order valence-electron chi connectivity index (χ1n) is 6.38. The number of benzene rings is 1. The Morgan fingerprint density at radius 3 is 2.80 bits per heavy atom. The van der Waals surface area contributed by atoms with Crippen molar-refractivity contribution in [3.05, 3.63) is 29.3 Å². The molecular formula is C15H20N2O3. The zero-order valence-corrected chi connectivity index (χ0v) is 11.8. The van der Waals surface area contributed by atoms with Crippen molar-refractivity contribution in [2.24, 2.45) is 5.73 Å². The molecule has 0 spiro atoms. The monoisotopic (exact) mass is 276 g/mol. The molecule has 1 aromatic rings. The summed E-state index contributed by atoms with van der Waals surface area (Å²) in [4.78, 5) is 13.0. The maximum atomic E-state index is 11.0. The highest BCUT2D eigenvalue weighted by Crippen LogP contribution is 2.18. The smallest absolute Gasteiger partial charge is 0.231 e. The van der Waals surface area contributed by atoms with Crippen LogP contribution in [0.1, 0.15) is 18.1 Å². The van der Waals surface area contributed by atoms with Crippen LogP contribution in [-0.2, 0) is 11.3 Å². The van der Waals surface area contributed by atoms with Crippen molar-refractivity contribution < 1.29 is 14.6 Å². The minimum absolute atomic E-state index is 0.190. The van der Waals surface area contributed by atoms with E-state index in [4.69, 9.17) is 15.6 Å². The van der Waals surface area contributed by atoms with Crippen molar-refractivity contribution in [2.75, 3.05) is 26.8 Å². The molecule has 3 N–H and O–H groups in total. The van der Waals surface area contributed by atoms with Crippen LogP contribution in [0.5, 0.6) is 5.75 Å². The van der Waals surface area contributed by atoms with Crippen LogP contribution in [0.15, 0.2) is 18.2 Å². The molecule has 5 nitrogen and oxygen atoms in total. The van der Waals surface area contributed by atoms with Gasteiger partial charge >= 0.3 is 0 Å². The average Bonchev–Trinajstić information content (AvgIpc) is 2.44. The molecule has 0 saturated carbocycles. The highest BCUT2D eigenvalue weighted by Gasteiger charge is 2.10. The first-order chi connectivity index (χ1) is 9.60. The van der Waals surface area contributed by atoms with Crippen molar-refractivity contribution in [3.8, 4) is 17.6 Å². The number of carbonyl (C=O) groups is 1. The van der Waals surface area contributed by atoms with E-state index in [1.807, 2.05) is 30.0 Å². The van der Waals surface area contributed by atoms with Crippen molar-refractivity contribution in [3.63, 3.8) is 0 Å². The molecule has 0 heterocycles. The predicted molar refractivity (Wildman–Crippen MR) is 77.1 cm³/mol. The van der Waals surface area contributed by atoms with Gasteiger partial charge in [0.05, 0.1) is 13.7 Å². The highest BCUT2D eigenvalue weighted by atomic mass is 16.5. The number of hydrogen-bond acceptors (Lipinski definition) is 4. The lowest BCUT2D eigenvalue weighted by Crippen LogP contribution is -2.33. The lowest BCUT2D eigenvalue weighted by molar-refractivity contribution is -0.119.